The van der Waals surface area contributed by atoms with Crippen molar-refractivity contribution in [2.24, 2.45) is 5.92 Å². The van der Waals surface area contributed by atoms with E-state index in [1.54, 1.807) is 29.0 Å². The fourth-order valence-corrected chi connectivity index (χ4v) is 3.69. The summed E-state index contributed by atoms with van der Waals surface area (Å²) in [7, 11) is 5.52. The highest BCUT2D eigenvalue weighted by molar-refractivity contribution is 6.00. The molecule has 2 amide bonds. The number of hydrogen-bond donors (Lipinski definition) is 0. The Morgan fingerprint density at radius 2 is 1.94 bits per heavy atom. The summed E-state index contributed by atoms with van der Waals surface area (Å²) >= 11 is 0. The van der Waals surface area contributed by atoms with E-state index < -0.39 is 5.92 Å². The van der Waals surface area contributed by atoms with Gasteiger partial charge in [0.05, 0.1) is 24.7 Å². The molecule has 1 unspecified atom stereocenters. The van der Waals surface area contributed by atoms with Crippen LogP contribution in [-0.2, 0) is 16.1 Å². The molecule has 0 saturated carbocycles. The topological polar surface area (TPSA) is 76.9 Å². The maximum absolute atomic E-state index is 13.4. The summed E-state index contributed by atoms with van der Waals surface area (Å²) in [6.07, 6.45) is 0.196. The number of hydrogen-bond acceptors (Lipinski definition) is 5. The van der Waals surface area contributed by atoms with E-state index in [2.05, 4.69) is 6.07 Å². The molecule has 0 aromatic heterocycles. The van der Waals surface area contributed by atoms with Gasteiger partial charge in [0.1, 0.15) is 5.75 Å². The molecule has 1 heterocycles. The number of anilines is 1. The zero-order valence-corrected chi connectivity index (χ0v) is 18.2. The molecule has 1 fully saturated rings. The predicted octanol–water partition coefficient (Wildman–Crippen LogP) is 2.51. The van der Waals surface area contributed by atoms with E-state index in [9.17, 15) is 9.59 Å². The molecule has 2 aromatic carbocycles. The molecular weight excluding hydrogens is 392 g/mol. The maximum atomic E-state index is 13.4. The van der Waals surface area contributed by atoms with Crippen LogP contribution in [0.25, 0.3) is 0 Å². The van der Waals surface area contributed by atoms with Gasteiger partial charge in [-0.15, -0.1) is 0 Å². The highest BCUT2D eigenvalue weighted by Crippen LogP contribution is 2.28. The number of rotatable bonds is 8. The molecule has 1 saturated heterocycles. The van der Waals surface area contributed by atoms with Crippen molar-refractivity contribution in [3.8, 4) is 11.8 Å². The average molecular weight is 421 g/mol. The molecule has 3 rings (SSSR count). The lowest BCUT2D eigenvalue weighted by molar-refractivity contribution is -0.136. The van der Waals surface area contributed by atoms with Gasteiger partial charge in [0, 0.05) is 38.3 Å². The molecule has 7 nitrogen and oxygen atoms in total. The van der Waals surface area contributed by atoms with Crippen molar-refractivity contribution in [1.82, 2.24) is 9.80 Å². The van der Waals surface area contributed by atoms with Crippen molar-refractivity contribution >= 4 is 17.5 Å². The van der Waals surface area contributed by atoms with E-state index in [1.165, 1.54) is 0 Å². The second-order valence-corrected chi connectivity index (χ2v) is 7.98. The fraction of sp³-hybridized carbons (Fsp3) is 0.375. The third kappa shape index (κ3) is 5.62. The second kappa shape index (κ2) is 10.1. The summed E-state index contributed by atoms with van der Waals surface area (Å²) in [5.41, 5.74) is 2.24. The molecule has 0 radical (unpaired) electrons. The van der Waals surface area contributed by atoms with Crippen LogP contribution < -0.4 is 9.64 Å². The van der Waals surface area contributed by atoms with Crippen molar-refractivity contribution in [2.45, 2.75) is 13.0 Å². The van der Waals surface area contributed by atoms with Crippen LogP contribution in [0.4, 0.5) is 5.69 Å². The van der Waals surface area contributed by atoms with E-state index >= 15 is 0 Å². The lowest BCUT2D eigenvalue weighted by Gasteiger charge is -2.27. The molecule has 0 N–H and O–H groups in total. The first-order valence-corrected chi connectivity index (χ1v) is 10.3. The maximum Gasteiger partial charge on any atom is 0.228 e. The van der Waals surface area contributed by atoms with Crippen LogP contribution in [0.1, 0.15) is 17.5 Å². The summed E-state index contributed by atoms with van der Waals surface area (Å²) in [6, 6.07) is 16.7. The second-order valence-electron chi connectivity index (χ2n) is 7.98. The minimum Gasteiger partial charge on any atom is -0.497 e. The summed E-state index contributed by atoms with van der Waals surface area (Å²) in [4.78, 5) is 31.5. The Balaban J connectivity index is 1.75. The molecular formula is C24H28N4O3. The Morgan fingerprint density at radius 1 is 1.19 bits per heavy atom. The van der Waals surface area contributed by atoms with E-state index in [0.29, 0.717) is 31.7 Å². The minimum absolute atomic E-state index is 0.0337. The van der Waals surface area contributed by atoms with Gasteiger partial charge in [0.15, 0.2) is 0 Å². The Hall–Kier alpha value is -3.37. The quantitative estimate of drug-likeness (QED) is 0.656. The van der Waals surface area contributed by atoms with Crippen molar-refractivity contribution in [2.75, 3.05) is 45.7 Å². The Morgan fingerprint density at radius 3 is 2.58 bits per heavy atom. The van der Waals surface area contributed by atoms with Crippen molar-refractivity contribution in [3.05, 3.63) is 59.7 Å². The third-order valence-corrected chi connectivity index (χ3v) is 5.42. The van der Waals surface area contributed by atoms with Gasteiger partial charge in [-0.1, -0.05) is 12.1 Å². The van der Waals surface area contributed by atoms with Gasteiger partial charge in [0.25, 0.3) is 0 Å². The number of ether oxygens (including phenoxy) is 1. The van der Waals surface area contributed by atoms with Crippen LogP contribution in [0.5, 0.6) is 5.75 Å². The molecule has 0 bridgehead atoms. The Labute approximate surface area is 183 Å². The summed E-state index contributed by atoms with van der Waals surface area (Å²) < 4.78 is 5.18. The number of amides is 2. The van der Waals surface area contributed by atoms with Crippen molar-refractivity contribution in [3.63, 3.8) is 0 Å². The van der Waals surface area contributed by atoms with Gasteiger partial charge in [-0.05, 0) is 56.1 Å². The van der Waals surface area contributed by atoms with Gasteiger partial charge in [-0.3, -0.25) is 9.59 Å². The SMILES string of the molecule is COc1ccc(N2CC(C(=O)N(CCN(C)C)Cc3cccc(C#N)c3)CC2=O)cc1. The van der Waals surface area contributed by atoms with Crippen LogP contribution in [0, 0.1) is 17.2 Å². The van der Waals surface area contributed by atoms with Gasteiger partial charge in [0.2, 0.25) is 11.8 Å². The zero-order chi connectivity index (χ0) is 22.4. The Kier molecular flexibility index (Phi) is 7.27. The van der Waals surface area contributed by atoms with E-state index in [1.807, 2.05) is 55.4 Å². The number of nitriles is 1. The molecule has 1 atom stereocenters. The number of likely N-dealkylation sites (N-methyl/N-ethyl adjacent to an activating group) is 1. The van der Waals surface area contributed by atoms with E-state index in [-0.39, 0.29) is 18.2 Å². The van der Waals surface area contributed by atoms with Crippen LogP contribution in [0.2, 0.25) is 0 Å². The minimum atomic E-state index is -0.393. The lowest BCUT2D eigenvalue weighted by atomic mass is 10.1. The van der Waals surface area contributed by atoms with Gasteiger partial charge in [-0.2, -0.15) is 5.26 Å². The van der Waals surface area contributed by atoms with Gasteiger partial charge < -0.3 is 19.4 Å². The first kappa shape index (κ1) is 22.3. The number of carbonyl (C=O) groups excluding carboxylic acids is 2. The smallest absolute Gasteiger partial charge is 0.228 e. The van der Waals surface area contributed by atoms with Crippen LogP contribution in [-0.4, -0.2) is 62.5 Å². The van der Waals surface area contributed by atoms with Crippen LogP contribution in [0.3, 0.4) is 0 Å². The van der Waals surface area contributed by atoms with Gasteiger partial charge in [-0.25, -0.2) is 0 Å². The molecule has 31 heavy (non-hydrogen) atoms. The fourth-order valence-electron chi connectivity index (χ4n) is 3.69. The van der Waals surface area contributed by atoms with E-state index in [4.69, 9.17) is 10.00 Å². The molecule has 7 heteroatoms. The number of methoxy groups -OCH3 is 1. The molecule has 2 aromatic rings. The van der Waals surface area contributed by atoms with Gasteiger partial charge >= 0.3 is 0 Å². The predicted molar refractivity (Wildman–Crippen MR) is 119 cm³/mol. The zero-order valence-electron chi connectivity index (χ0n) is 18.2. The standard InChI is InChI=1S/C24H28N4O3/c1-26(2)11-12-27(16-19-6-4-5-18(13-19)15-25)24(30)20-14-23(29)28(17-20)21-7-9-22(31-3)10-8-21/h4-10,13,20H,11-12,14,16-17H2,1-3H3. The first-order valence-electron chi connectivity index (χ1n) is 10.3. The molecule has 1 aliphatic heterocycles. The number of carbonyl (C=O) groups is 2. The van der Waals surface area contributed by atoms with Crippen molar-refractivity contribution < 1.29 is 14.3 Å². The number of benzene rings is 2. The summed E-state index contributed by atoms with van der Waals surface area (Å²) in [5.74, 6) is 0.240. The Bertz CT molecular complexity index is 966. The highest BCUT2D eigenvalue weighted by Gasteiger charge is 2.37. The monoisotopic (exact) mass is 420 g/mol. The molecule has 1 aliphatic rings. The highest BCUT2D eigenvalue weighted by atomic mass is 16.5. The normalized spacial score (nSPS) is 15.8. The van der Waals surface area contributed by atoms with Crippen LogP contribution >= 0.6 is 0 Å². The largest absolute Gasteiger partial charge is 0.497 e. The third-order valence-electron chi connectivity index (χ3n) is 5.42. The van der Waals surface area contributed by atoms with E-state index in [0.717, 1.165) is 17.0 Å². The van der Waals surface area contributed by atoms with Crippen LogP contribution in [0.15, 0.2) is 48.5 Å². The molecule has 0 aliphatic carbocycles. The summed E-state index contributed by atoms with van der Waals surface area (Å²) in [5, 5.41) is 9.17. The summed E-state index contributed by atoms with van der Waals surface area (Å²) in [6.45, 7) is 2.04. The first-order chi connectivity index (χ1) is 14.9. The number of nitrogens with zero attached hydrogens (tertiary/aromatic N) is 4. The average Bonchev–Trinajstić information content (AvgIpc) is 3.17. The lowest BCUT2D eigenvalue weighted by Crippen LogP contribution is -2.40. The molecule has 162 valence electrons. The van der Waals surface area contributed by atoms with Crippen molar-refractivity contribution in [1.29, 1.82) is 5.26 Å². The molecule has 0 spiro atoms.